The van der Waals surface area contributed by atoms with Crippen molar-refractivity contribution in [1.82, 2.24) is 4.90 Å². The van der Waals surface area contributed by atoms with Crippen LogP contribution in [0.4, 0.5) is 5.69 Å². The van der Waals surface area contributed by atoms with Gasteiger partial charge in [0.2, 0.25) is 5.91 Å². The van der Waals surface area contributed by atoms with Crippen molar-refractivity contribution in [3.05, 3.63) is 23.8 Å². The van der Waals surface area contributed by atoms with Crippen LogP contribution >= 0.6 is 0 Å². The first-order valence-electron chi connectivity index (χ1n) is 5.75. The Morgan fingerprint density at radius 1 is 1.56 bits per heavy atom. The number of carbonyl (C=O) groups is 1. The lowest BCUT2D eigenvalue weighted by Crippen LogP contribution is -2.31. The maximum atomic E-state index is 11.8. The molecule has 2 rings (SSSR count). The van der Waals surface area contributed by atoms with Gasteiger partial charge in [0.1, 0.15) is 11.8 Å². The van der Waals surface area contributed by atoms with Crippen LogP contribution in [0.25, 0.3) is 0 Å². The van der Waals surface area contributed by atoms with Crippen LogP contribution in [-0.4, -0.2) is 37.6 Å². The maximum absolute atomic E-state index is 11.8. The summed E-state index contributed by atoms with van der Waals surface area (Å²) in [6.45, 7) is 0.759. The quantitative estimate of drug-likeness (QED) is 0.869. The second-order valence-electron chi connectivity index (χ2n) is 4.27. The van der Waals surface area contributed by atoms with Gasteiger partial charge in [0.15, 0.2) is 0 Å². The first-order valence-corrected chi connectivity index (χ1v) is 5.75. The van der Waals surface area contributed by atoms with Crippen LogP contribution in [-0.2, 0) is 4.79 Å². The van der Waals surface area contributed by atoms with Crippen LogP contribution in [0, 0.1) is 11.3 Å². The summed E-state index contributed by atoms with van der Waals surface area (Å²) in [7, 11) is 3.34. The normalized spacial score (nSPS) is 18.6. The van der Waals surface area contributed by atoms with Crippen molar-refractivity contribution in [2.24, 2.45) is 0 Å². The largest absolute Gasteiger partial charge is 0.495 e. The molecule has 1 saturated heterocycles. The van der Waals surface area contributed by atoms with Gasteiger partial charge in [0, 0.05) is 19.7 Å². The van der Waals surface area contributed by atoms with Gasteiger partial charge in [-0.25, -0.2) is 0 Å². The van der Waals surface area contributed by atoms with E-state index in [1.165, 1.54) is 0 Å². The van der Waals surface area contributed by atoms with E-state index in [0.29, 0.717) is 11.3 Å². The summed E-state index contributed by atoms with van der Waals surface area (Å²) in [5.41, 5.74) is 1.28. The Hall–Kier alpha value is -2.22. The van der Waals surface area contributed by atoms with Crippen LogP contribution in [0.3, 0.4) is 0 Å². The molecule has 18 heavy (non-hydrogen) atoms. The molecule has 1 aliphatic rings. The van der Waals surface area contributed by atoms with Crippen molar-refractivity contribution >= 4 is 11.6 Å². The van der Waals surface area contributed by atoms with Crippen LogP contribution in [0.1, 0.15) is 12.0 Å². The Kier molecular flexibility index (Phi) is 3.38. The number of ether oxygens (including phenoxy) is 1. The van der Waals surface area contributed by atoms with Gasteiger partial charge in [0.25, 0.3) is 0 Å². The van der Waals surface area contributed by atoms with Crippen LogP contribution in [0.2, 0.25) is 0 Å². The number of likely N-dealkylation sites (tertiary alicyclic amines) is 1. The van der Waals surface area contributed by atoms with Gasteiger partial charge < -0.3 is 15.0 Å². The number of hydrogen-bond donors (Lipinski definition) is 1. The van der Waals surface area contributed by atoms with Crippen molar-refractivity contribution in [2.45, 2.75) is 12.5 Å². The third-order valence-corrected chi connectivity index (χ3v) is 3.09. The second-order valence-corrected chi connectivity index (χ2v) is 4.27. The van der Waals surface area contributed by atoms with Gasteiger partial charge in [-0.2, -0.15) is 5.26 Å². The number of likely N-dealkylation sites (N-methyl/N-ethyl adjacent to an activating group) is 1. The molecule has 1 amide bonds. The molecule has 94 valence electrons. The molecular weight excluding hydrogens is 230 g/mol. The van der Waals surface area contributed by atoms with Gasteiger partial charge in [-0.1, -0.05) is 0 Å². The SMILES string of the molecule is COc1cc(C#N)ccc1NC1CCN(C)C1=O. The molecule has 0 bridgehead atoms. The zero-order valence-electron chi connectivity index (χ0n) is 10.4. The first-order chi connectivity index (χ1) is 8.65. The van der Waals surface area contributed by atoms with Gasteiger partial charge >= 0.3 is 0 Å². The molecule has 1 aromatic carbocycles. The zero-order chi connectivity index (χ0) is 13.1. The Balaban J connectivity index is 2.19. The van der Waals surface area contributed by atoms with Crippen LogP contribution in [0.5, 0.6) is 5.75 Å². The Bertz CT molecular complexity index is 507. The third-order valence-electron chi connectivity index (χ3n) is 3.09. The summed E-state index contributed by atoms with van der Waals surface area (Å²) < 4.78 is 5.22. The average Bonchev–Trinajstić information content (AvgIpc) is 2.71. The highest BCUT2D eigenvalue weighted by Gasteiger charge is 2.29. The fourth-order valence-corrected chi connectivity index (χ4v) is 2.02. The minimum atomic E-state index is -0.211. The topological polar surface area (TPSA) is 65.4 Å². The number of nitrogens with zero attached hydrogens (tertiary/aromatic N) is 2. The van der Waals surface area contributed by atoms with Crippen molar-refractivity contribution in [3.8, 4) is 11.8 Å². The molecule has 0 radical (unpaired) electrons. The lowest BCUT2D eigenvalue weighted by atomic mass is 10.1. The number of benzene rings is 1. The van der Waals surface area contributed by atoms with Gasteiger partial charge in [-0.05, 0) is 18.6 Å². The van der Waals surface area contributed by atoms with Crippen LogP contribution < -0.4 is 10.1 Å². The van der Waals surface area contributed by atoms with E-state index < -0.39 is 0 Å². The van der Waals surface area contributed by atoms with Crippen LogP contribution in [0.15, 0.2) is 18.2 Å². The highest BCUT2D eigenvalue weighted by Crippen LogP contribution is 2.27. The Labute approximate surface area is 106 Å². The predicted octanol–water partition coefficient (Wildman–Crippen LogP) is 1.21. The molecule has 1 atom stereocenters. The maximum Gasteiger partial charge on any atom is 0.244 e. The van der Waals surface area contributed by atoms with Crippen molar-refractivity contribution in [2.75, 3.05) is 26.0 Å². The van der Waals surface area contributed by atoms with Crippen molar-refractivity contribution in [3.63, 3.8) is 0 Å². The smallest absolute Gasteiger partial charge is 0.244 e. The minimum Gasteiger partial charge on any atom is -0.495 e. The summed E-state index contributed by atoms with van der Waals surface area (Å²) in [6.07, 6.45) is 0.776. The number of anilines is 1. The van der Waals surface area contributed by atoms with Gasteiger partial charge in [-0.15, -0.1) is 0 Å². The predicted molar refractivity (Wildman–Crippen MR) is 67.4 cm³/mol. The molecular formula is C13H15N3O2. The third kappa shape index (κ3) is 2.23. The van der Waals surface area contributed by atoms with E-state index in [0.717, 1.165) is 18.7 Å². The van der Waals surface area contributed by atoms with E-state index in [1.54, 1.807) is 37.3 Å². The number of amides is 1. The number of methoxy groups -OCH3 is 1. The summed E-state index contributed by atoms with van der Waals surface area (Å²) >= 11 is 0. The number of carbonyl (C=O) groups excluding carboxylic acids is 1. The number of nitriles is 1. The molecule has 5 heteroatoms. The number of rotatable bonds is 3. The van der Waals surface area contributed by atoms with Crippen molar-refractivity contribution in [1.29, 1.82) is 5.26 Å². The molecule has 0 saturated carbocycles. The fraction of sp³-hybridized carbons (Fsp3) is 0.385. The Morgan fingerprint density at radius 2 is 2.33 bits per heavy atom. The van der Waals surface area contributed by atoms with E-state index in [-0.39, 0.29) is 11.9 Å². The monoisotopic (exact) mass is 245 g/mol. The van der Waals surface area contributed by atoms with E-state index in [1.807, 2.05) is 0 Å². The van der Waals surface area contributed by atoms with Gasteiger partial charge in [-0.3, -0.25) is 4.79 Å². The fourth-order valence-electron chi connectivity index (χ4n) is 2.02. The van der Waals surface area contributed by atoms with Crippen molar-refractivity contribution < 1.29 is 9.53 Å². The summed E-state index contributed by atoms with van der Waals surface area (Å²) in [6, 6.07) is 6.97. The molecule has 1 unspecified atom stereocenters. The van der Waals surface area contributed by atoms with E-state index >= 15 is 0 Å². The summed E-state index contributed by atoms with van der Waals surface area (Å²) in [4.78, 5) is 13.5. The minimum absolute atomic E-state index is 0.0846. The highest BCUT2D eigenvalue weighted by molar-refractivity contribution is 5.87. The molecule has 5 nitrogen and oxygen atoms in total. The lowest BCUT2D eigenvalue weighted by molar-refractivity contribution is -0.127. The lowest BCUT2D eigenvalue weighted by Gasteiger charge is -2.16. The molecule has 1 N–H and O–H groups in total. The second kappa shape index (κ2) is 4.96. The summed E-state index contributed by atoms with van der Waals surface area (Å²) in [5, 5.41) is 12.0. The first kappa shape index (κ1) is 12.2. The molecule has 1 heterocycles. The average molecular weight is 245 g/mol. The number of hydrogen-bond acceptors (Lipinski definition) is 4. The standard InChI is InChI=1S/C13H15N3O2/c1-16-6-5-11(13(16)17)15-10-4-3-9(8-14)7-12(10)18-2/h3-4,7,11,15H,5-6H2,1-2H3. The van der Waals surface area contributed by atoms with E-state index in [9.17, 15) is 4.79 Å². The summed E-state index contributed by atoms with van der Waals surface area (Å²) in [5.74, 6) is 0.665. The molecule has 0 spiro atoms. The van der Waals surface area contributed by atoms with E-state index in [4.69, 9.17) is 10.00 Å². The molecule has 0 aromatic heterocycles. The zero-order valence-corrected chi connectivity index (χ0v) is 10.4. The Morgan fingerprint density at radius 3 is 2.89 bits per heavy atom. The molecule has 0 aliphatic carbocycles. The van der Waals surface area contributed by atoms with Gasteiger partial charge in [0.05, 0.1) is 24.4 Å². The molecule has 1 fully saturated rings. The molecule has 1 aliphatic heterocycles. The van der Waals surface area contributed by atoms with E-state index in [2.05, 4.69) is 11.4 Å². The number of nitrogens with one attached hydrogen (secondary N) is 1. The molecule has 1 aromatic rings. The highest BCUT2D eigenvalue weighted by atomic mass is 16.5.